The summed E-state index contributed by atoms with van der Waals surface area (Å²) in [5.41, 5.74) is -0.267. The Hall–Kier alpha value is 1.99. The Morgan fingerprint density at radius 2 is 1.55 bits per heavy atom. The molecule has 1 fully saturated rings. The van der Waals surface area contributed by atoms with Crippen molar-refractivity contribution in [3.8, 4) is 0 Å². The number of carbonyl (C=O) groups is 2. The van der Waals surface area contributed by atoms with Gasteiger partial charge in [0.2, 0.25) is 0 Å². The topological polar surface area (TPSA) is 72.8 Å². The van der Waals surface area contributed by atoms with Crippen molar-refractivity contribution in [2.75, 3.05) is 19.8 Å². The van der Waals surface area contributed by atoms with Gasteiger partial charge in [-0.2, -0.15) is 0 Å². The molecule has 5 nitrogen and oxygen atoms in total. The first kappa shape index (κ1) is 31.7. The second-order valence-electron chi connectivity index (χ2n) is 4.79. The molecule has 1 aliphatic rings. The van der Waals surface area contributed by atoms with Crippen molar-refractivity contribution in [3.05, 3.63) is 0 Å². The molecule has 0 radical (unpaired) electrons. The number of aliphatic hydroxyl groups excluding tert-OH is 1. The van der Waals surface area contributed by atoms with Gasteiger partial charge in [-0.15, -0.1) is 0 Å². The maximum absolute atomic E-state index is 9.50. The van der Waals surface area contributed by atoms with Gasteiger partial charge in [0.25, 0.3) is 0 Å². The molecule has 1 saturated heterocycles. The molecule has 0 unspecified atom stereocenters. The summed E-state index contributed by atoms with van der Waals surface area (Å²) < 4.78 is 10.5. The van der Waals surface area contributed by atoms with Crippen LogP contribution in [-0.2, 0) is 24.0 Å². The zero-order valence-electron chi connectivity index (χ0n) is 12.7. The van der Waals surface area contributed by atoms with Gasteiger partial charge in [0.05, 0.1) is 19.8 Å². The second-order valence-corrected chi connectivity index (χ2v) is 40.2. The van der Waals surface area contributed by atoms with Crippen molar-refractivity contribution in [2.45, 2.75) is 41.4 Å². The second kappa shape index (κ2) is 21.0. The van der Waals surface area contributed by atoms with E-state index in [2.05, 4.69) is 59.9 Å². The van der Waals surface area contributed by atoms with Crippen LogP contribution in [0, 0.1) is 11.3 Å². The van der Waals surface area contributed by atoms with Gasteiger partial charge in [-0.3, -0.25) is 0 Å². The van der Waals surface area contributed by atoms with E-state index in [9.17, 15) is 4.79 Å². The predicted octanol–water partition coefficient (Wildman–Crippen LogP) is 4.32. The van der Waals surface area contributed by atoms with Gasteiger partial charge in [-0.25, -0.2) is 0 Å². The molecule has 1 rings (SSSR count). The van der Waals surface area contributed by atoms with Crippen LogP contribution in [0.5, 0.6) is 0 Å². The van der Waals surface area contributed by atoms with Gasteiger partial charge in [-0.1, -0.05) is 35.1 Å². The van der Waals surface area contributed by atoms with Crippen LogP contribution >= 0.6 is 59.9 Å². The van der Waals surface area contributed by atoms with Crippen molar-refractivity contribution in [3.63, 3.8) is 0 Å². The average Bonchev–Trinajstić information content (AvgIpc) is 2.96. The van der Waals surface area contributed by atoms with Gasteiger partial charge >= 0.3 is 64.9 Å². The van der Waals surface area contributed by atoms with Crippen LogP contribution in [-0.4, -0.2) is 44.3 Å². The van der Waals surface area contributed by atoms with Gasteiger partial charge in [-0.05, 0) is 0 Å². The van der Waals surface area contributed by atoms with Crippen molar-refractivity contribution in [1.82, 2.24) is 0 Å². The van der Waals surface area contributed by atoms with Crippen LogP contribution in [0.1, 0.15) is 35.1 Å². The zero-order chi connectivity index (χ0) is 17.5. The molecule has 1 N–H and O–H groups in total. The van der Waals surface area contributed by atoms with Gasteiger partial charge < -0.3 is 24.2 Å². The molecular weight excluding hydrogens is 668 g/mol. The summed E-state index contributed by atoms with van der Waals surface area (Å²) in [5.74, 6) is 0.204. The third kappa shape index (κ3) is 24.2. The fourth-order valence-electron chi connectivity index (χ4n) is 0.884. The average molecular weight is 696 g/mol. The molecule has 0 spiro atoms. The Bertz CT molecular complexity index is 235. The Morgan fingerprint density at radius 3 is 1.73 bits per heavy atom. The summed E-state index contributed by atoms with van der Waals surface area (Å²) in [7, 11) is 0. The van der Waals surface area contributed by atoms with E-state index in [1.165, 1.54) is 0 Å². The van der Waals surface area contributed by atoms with Crippen LogP contribution in [0.3, 0.4) is 0 Å². The summed E-state index contributed by atoms with van der Waals surface area (Å²) in [6.07, 6.45) is 0.692. The Morgan fingerprint density at radius 1 is 1.27 bits per heavy atom. The summed E-state index contributed by atoms with van der Waals surface area (Å²) in [5, 5.41) is 8.89. The van der Waals surface area contributed by atoms with Crippen LogP contribution in [0.4, 0.5) is 0 Å². The molecule has 0 bridgehead atoms. The van der Waals surface area contributed by atoms with Crippen molar-refractivity contribution < 1.29 is 29.1 Å². The minimum atomic E-state index is -0.278. The molecular formula is C13H28I3O5V. The molecule has 0 aliphatic carbocycles. The minimum absolute atomic E-state index is 0. The van der Waals surface area contributed by atoms with E-state index in [1.54, 1.807) is 0 Å². The molecule has 1 aliphatic heterocycles. The SMILES string of the molecule is C.C=O.CC(C)(CO)C1OCCO1.CC(C)C=O.[I][V]([I])[I]. The quantitative estimate of drug-likeness (QED) is 0.352. The predicted molar refractivity (Wildman–Crippen MR) is 113 cm³/mol. The van der Waals surface area contributed by atoms with E-state index < -0.39 is 0 Å². The molecule has 136 valence electrons. The molecule has 0 atom stereocenters. The van der Waals surface area contributed by atoms with Crippen LogP contribution in [0.25, 0.3) is 0 Å². The first-order valence-electron chi connectivity index (χ1n) is 6.03. The normalized spacial score (nSPS) is 13.7. The van der Waals surface area contributed by atoms with Crippen molar-refractivity contribution >= 4 is 73.0 Å². The fraction of sp³-hybridized carbons (Fsp3) is 0.846. The molecule has 1 heterocycles. The van der Waals surface area contributed by atoms with Gasteiger partial charge in [0, 0.05) is 11.3 Å². The van der Waals surface area contributed by atoms with Crippen molar-refractivity contribution in [2.24, 2.45) is 11.3 Å². The standard InChI is InChI=1S/C7H14O3.C4H8O.CH2O.CH4.3HI.V/c1-7(2,5-8)6-9-3-4-10-6;1-4(2)3-5;1-2;;;;;/h6,8H,3-5H2,1-2H3;3-4H,1-2H3;1H2;1H4;3*1H;/q;;;;;;;+3/p-3. The maximum atomic E-state index is 9.50. The van der Waals surface area contributed by atoms with E-state index >= 15 is 0 Å². The monoisotopic (exact) mass is 696 g/mol. The first-order valence-corrected chi connectivity index (χ1v) is 19.5. The number of halogens is 3. The molecule has 0 aromatic heterocycles. The van der Waals surface area contributed by atoms with E-state index in [1.807, 2.05) is 34.5 Å². The fourth-order valence-corrected chi connectivity index (χ4v) is 0.884. The summed E-state index contributed by atoms with van der Waals surface area (Å²) >= 11 is 7.39. The number of ether oxygens (including phenoxy) is 2. The number of carbonyl (C=O) groups excluding carboxylic acids is 2. The Kier molecular flexibility index (Phi) is 30.3. The molecule has 0 amide bonds. The van der Waals surface area contributed by atoms with Crippen LogP contribution < -0.4 is 0 Å². The first-order chi connectivity index (χ1) is 9.67. The van der Waals surface area contributed by atoms with Gasteiger partial charge in [0.15, 0.2) is 6.29 Å². The number of rotatable bonds is 3. The third-order valence-electron chi connectivity index (χ3n) is 1.94. The Balaban J connectivity index is -0.000000116. The molecule has 9 heteroatoms. The number of aldehydes is 1. The Labute approximate surface area is 172 Å². The van der Waals surface area contributed by atoms with E-state index in [4.69, 9.17) is 19.4 Å². The van der Waals surface area contributed by atoms with E-state index in [-0.39, 0.29) is 36.6 Å². The summed E-state index contributed by atoms with van der Waals surface area (Å²) in [6.45, 7) is 10.9. The summed E-state index contributed by atoms with van der Waals surface area (Å²) in [4.78, 5) is 17.2. The third-order valence-corrected chi connectivity index (χ3v) is 1.94. The number of hydrogen-bond acceptors (Lipinski definition) is 5. The molecule has 22 heavy (non-hydrogen) atoms. The van der Waals surface area contributed by atoms with Crippen molar-refractivity contribution in [1.29, 1.82) is 0 Å². The van der Waals surface area contributed by atoms with Gasteiger partial charge in [0.1, 0.15) is 13.1 Å². The summed E-state index contributed by atoms with van der Waals surface area (Å²) in [6, 6.07) is 0. The molecule has 0 aromatic rings. The number of hydrogen-bond donors (Lipinski definition) is 1. The number of aliphatic hydroxyl groups is 1. The van der Waals surface area contributed by atoms with E-state index in [0.717, 1.165) is 6.29 Å². The zero-order valence-corrected chi connectivity index (χ0v) is 20.6. The molecule has 0 aromatic carbocycles. The molecule has 0 saturated carbocycles. The van der Waals surface area contributed by atoms with Crippen LogP contribution in [0.2, 0.25) is 0 Å². The van der Waals surface area contributed by atoms with E-state index in [0.29, 0.717) is 13.2 Å². The van der Waals surface area contributed by atoms with Crippen LogP contribution in [0.15, 0.2) is 0 Å².